The van der Waals surface area contributed by atoms with E-state index in [1.54, 1.807) is 0 Å². The van der Waals surface area contributed by atoms with Gasteiger partial charge in [-0.15, -0.1) is 0 Å². The van der Waals surface area contributed by atoms with Crippen LogP contribution in [0.25, 0.3) is 0 Å². The number of rotatable bonds is 5. The number of anilines is 2. The summed E-state index contributed by atoms with van der Waals surface area (Å²) in [5.74, 6) is 0.908. The average Bonchev–Trinajstić information content (AvgIpc) is 2.34. The number of ether oxygens (including phenoxy) is 1. The van der Waals surface area contributed by atoms with Crippen molar-refractivity contribution in [2.24, 2.45) is 0 Å². The van der Waals surface area contributed by atoms with Gasteiger partial charge in [0.1, 0.15) is 12.4 Å². The van der Waals surface area contributed by atoms with Crippen LogP contribution in [0.2, 0.25) is 0 Å². The molecule has 0 aliphatic rings. The van der Waals surface area contributed by atoms with Crippen LogP contribution in [0.1, 0.15) is 11.1 Å². The lowest BCUT2D eigenvalue weighted by atomic mass is 10.2. The minimum atomic E-state index is 0.622. The van der Waals surface area contributed by atoms with Gasteiger partial charge in [-0.05, 0) is 55.3 Å². The minimum Gasteiger partial charge on any atom is -0.492 e. The lowest BCUT2D eigenvalue weighted by Crippen LogP contribution is -2.11. The summed E-state index contributed by atoms with van der Waals surface area (Å²) in [6, 6.07) is 14.0. The third-order valence-electron chi connectivity index (χ3n) is 2.79. The normalized spacial score (nSPS) is 10.2. The second-order valence-corrected chi connectivity index (χ2v) is 4.72. The van der Waals surface area contributed by atoms with Gasteiger partial charge in [-0.1, -0.05) is 12.1 Å². The van der Waals surface area contributed by atoms with Gasteiger partial charge in [-0.2, -0.15) is 0 Å². The Balaban J connectivity index is 1.80. The van der Waals surface area contributed by atoms with Crippen molar-refractivity contribution in [3.05, 3.63) is 53.6 Å². The number of nitrogens with two attached hydrogens (primary N) is 1. The first-order chi connectivity index (χ1) is 9.13. The topological polar surface area (TPSA) is 47.3 Å². The fourth-order valence-corrected chi connectivity index (χ4v) is 1.98. The van der Waals surface area contributed by atoms with Crippen LogP contribution < -0.4 is 15.8 Å². The Labute approximate surface area is 114 Å². The van der Waals surface area contributed by atoms with E-state index in [0.717, 1.165) is 29.2 Å². The summed E-state index contributed by atoms with van der Waals surface area (Å²) in [6.45, 7) is 5.46. The maximum atomic E-state index is 5.80. The largest absolute Gasteiger partial charge is 0.492 e. The molecule has 0 fully saturated rings. The standard InChI is InChI=1S/C16H20N2O/c1-12-4-3-5-16(10-12)19-7-6-18-15-9-13(2)8-14(17)11-15/h3-5,8-11,18H,6-7,17H2,1-2H3. The van der Waals surface area contributed by atoms with Crippen molar-refractivity contribution in [1.29, 1.82) is 0 Å². The first-order valence-corrected chi connectivity index (χ1v) is 6.44. The first kappa shape index (κ1) is 13.3. The first-order valence-electron chi connectivity index (χ1n) is 6.44. The lowest BCUT2D eigenvalue weighted by Gasteiger charge is -2.10. The molecule has 3 nitrogen and oxygen atoms in total. The summed E-state index contributed by atoms with van der Waals surface area (Å²) >= 11 is 0. The van der Waals surface area contributed by atoms with E-state index in [4.69, 9.17) is 10.5 Å². The molecule has 0 saturated carbocycles. The molecule has 0 radical (unpaired) electrons. The highest BCUT2D eigenvalue weighted by Gasteiger charge is 1.97. The number of hydrogen-bond acceptors (Lipinski definition) is 3. The molecular formula is C16H20N2O. The van der Waals surface area contributed by atoms with Crippen LogP contribution in [0.3, 0.4) is 0 Å². The van der Waals surface area contributed by atoms with Crippen LogP contribution in [-0.2, 0) is 0 Å². The van der Waals surface area contributed by atoms with E-state index >= 15 is 0 Å². The van der Waals surface area contributed by atoms with Crippen molar-refractivity contribution in [2.75, 3.05) is 24.2 Å². The molecule has 0 bridgehead atoms. The highest BCUT2D eigenvalue weighted by molar-refractivity contribution is 5.56. The molecule has 0 amide bonds. The van der Waals surface area contributed by atoms with E-state index < -0.39 is 0 Å². The Hall–Kier alpha value is -2.16. The van der Waals surface area contributed by atoms with E-state index in [1.165, 1.54) is 5.56 Å². The molecule has 0 heterocycles. The van der Waals surface area contributed by atoms with Gasteiger partial charge in [0.2, 0.25) is 0 Å². The maximum absolute atomic E-state index is 5.80. The summed E-state index contributed by atoms with van der Waals surface area (Å²) in [6.07, 6.45) is 0. The molecule has 0 spiro atoms. The van der Waals surface area contributed by atoms with Gasteiger partial charge < -0.3 is 15.8 Å². The van der Waals surface area contributed by atoms with Crippen molar-refractivity contribution >= 4 is 11.4 Å². The molecular weight excluding hydrogens is 236 g/mol. The summed E-state index contributed by atoms with van der Waals surface area (Å²) in [5, 5.41) is 3.31. The van der Waals surface area contributed by atoms with Crippen molar-refractivity contribution in [3.8, 4) is 5.75 Å². The predicted octanol–water partition coefficient (Wildman–Crippen LogP) is 3.38. The molecule has 0 unspecified atom stereocenters. The van der Waals surface area contributed by atoms with E-state index in [1.807, 2.05) is 37.3 Å². The molecule has 3 N–H and O–H groups in total. The van der Waals surface area contributed by atoms with Crippen molar-refractivity contribution in [2.45, 2.75) is 13.8 Å². The fourth-order valence-electron chi connectivity index (χ4n) is 1.98. The number of nitrogens with one attached hydrogen (secondary N) is 1. The molecule has 2 aromatic rings. The zero-order valence-corrected chi connectivity index (χ0v) is 11.4. The summed E-state index contributed by atoms with van der Waals surface area (Å²) < 4.78 is 5.68. The van der Waals surface area contributed by atoms with E-state index in [9.17, 15) is 0 Å². The molecule has 0 saturated heterocycles. The van der Waals surface area contributed by atoms with Gasteiger partial charge in [-0.25, -0.2) is 0 Å². The molecule has 0 aliphatic heterocycles. The third-order valence-corrected chi connectivity index (χ3v) is 2.79. The summed E-state index contributed by atoms with van der Waals surface area (Å²) in [5.41, 5.74) is 9.97. The Morgan fingerprint density at radius 1 is 1.05 bits per heavy atom. The summed E-state index contributed by atoms with van der Waals surface area (Å²) in [7, 11) is 0. The Morgan fingerprint density at radius 3 is 2.63 bits per heavy atom. The second kappa shape index (κ2) is 6.14. The SMILES string of the molecule is Cc1cc(N)cc(NCCOc2cccc(C)c2)c1. The van der Waals surface area contributed by atoms with Crippen LogP contribution in [0.4, 0.5) is 11.4 Å². The molecule has 2 aromatic carbocycles. The number of aryl methyl sites for hydroxylation is 2. The van der Waals surface area contributed by atoms with E-state index in [2.05, 4.69) is 24.4 Å². The van der Waals surface area contributed by atoms with Crippen LogP contribution in [0.15, 0.2) is 42.5 Å². The zero-order chi connectivity index (χ0) is 13.7. The number of benzene rings is 2. The van der Waals surface area contributed by atoms with Crippen LogP contribution in [0.5, 0.6) is 5.75 Å². The Kier molecular flexibility index (Phi) is 4.29. The number of nitrogen functional groups attached to an aromatic ring is 1. The van der Waals surface area contributed by atoms with Crippen LogP contribution >= 0.6 is 0 Å². The monoisotopic (exact) mass is 256 g/mol. The van der Waals surface area contributed by atoms with Crippen LogP contribution in [-0.4, -0.2) is 13.2 Å². The predicted molar refractivity (Wildman–Crippen MR) is 80.8 cm³/mol. The van der Waals surface area contributed by atoms with Gasteiger partial charge in [0.05, 0.1) is 0 Å². The summed E-state index contributed by atoms with van der Waals surface area (Å²) in [4.78, 5) is 0. The van der Waals surface area contributed by atoms with E-state index in [-0.39, 0.29) is 0 Å². The second-order valence-electron chi connectivity index (χ2n) is 4.72. The molecule has 3 heteroatoms. The fraction of sp³-hybridized carbons (Fsp3) is 0.250. The average molecular weight is 256 g/mol. The quantitative estimate of drug-likeness (QED) is 0.637. The van der Waals surface area contributed by atoms with Gasteiger partial charge in [0.15, 0.2) is 0 Å². The van der Waals surface area contributed by atoms with Crippen molar-refractivity contribution in [1.82, 2.24) is 0 Å². The molecule has 0 atom stereocenters. The van der Waals surface area contributed by atoms with Crippen molar-refractivity contribution in [3.63, 3.8) is 0 Å². The van der Waals surface area contributed by atoms with Gasteiger partial charge >= 0.3 is 0 Å². The van der Waals surface area contributed by atoms with Gasteiger partial charge in [0.25, 0.3) is 0 Å². The smallest absolute Gasteiger partial charge is 0.119 e. The number of hydrogen-bond donors (Lipinski definition) is 2. The maximum Gasteiger partial charge on any atom is 0.119 e. The lowest BCUT2D eigenvalue weighted by molar-refractivity contribution is 0.332. The molecule has 0 aliphatic carbocycles. The van der Waals surface area contributed by atoms with E-state index in [0.29, 0.717) is 6.61 Å². The molecule has 0 aromatic heterocycles. The molecule has 19 heavy (non-hydrogen) atoms. The third kappa shape index (κ3) is 4.21. The van der Waals surface area contributed by atoms with Crippen molar-refractivity contribution < 1.29 is 4.74 Å². The highest BCUT2D eigenvalue weighted by Crippen LogP contribution is 2.16. The Bertz CT molecular complexity index is 532. The highest BCUT2D eigenvalue weighted by atomic mass is 16.5. The Morgan fingerprint density at radius 2 is 1.89 bits per heavy atom. The molecule has 100 valence electrons. The van der Waals surface area contributed by atoms with Crippen LogP contribution in [0, 0.1) is 13.8 Å². The van der Waals surface area contributed by atoms with Gasteiger partial charge in [-0.3, -0.25) is 0 Å². The molecule has 2 rings (SSSR count). The zero-order valence-electron chi connectivity index (χ0n) is 11.4. The minimum absolute atomic E-state index is 0.622. The van der Waals surface area contributed by atoms with Gasteiger partial charge in [0, 0.05) is 17.9 Å².